The van der Waals surface area contributed by atoms with E-state index < -0.39 is 0 Å². The first kappa shape index (κ1) is 12.2. The number of piperidine rings is 1. The molecule has 0 aromatic heterocycles. The van der Waals surface area contributed by atoms with Crippen molar-refractivity contribution in [3.63, 3.8) is 0 Å². The fraction of sp³-hybridized carbons (Fsp3) is 0.833. The van der Waals surface area contributed by atoms with Crippen molar-refractivity contribution < 1.29 is 9.59 Å². The number of likely N-dealkylation sites (tertiary alicyclic amines) is 1. The minimum atomic E-state index is 0.105. The second kappa shape index (κ2) is 5.89. The molecule has 1 aliphatic rings. The zero-order valence-corrected chi connectivity index (χ0v) is 9.79. The predicted octanol–water partition coefficient (Wildman–Crippen LogP) is 2.15. The molecule has 0 N–H and O–H groups in total. The monoisotopic (exact) mass is 211 g/mol. The lowest BCUT2D eigenvalue weighted by molar-refractivity contribution is -0.136. The van der Waals surface area contributed by atoms with Crippen molar-refractivity contribution in [2.75, 3.05) is 6.54 Å². The van der Waals surface area contributed by atoms with Gasteiger partial charge in [0.05, 0.1) is 0 Å². The van der Waals surface area contributed by atoms with E-state index in [9.17, 15) is 9.59 Å². The smallest absolute Gasteiger partial charge is 0.223 e. The molecule has 0 saturated carbocycles. The van der Waals surface area contributed by atoms with Crippen LogP contribution in [0.4, 0.5) is 0 Å². The summed E-state index contributed by atoms with van der Waals surface area (Å²) in [6.45, 7) is 4.55. The van der Waals surface area contributed by atoms with Crippen molar-refractivity contribution in [3.05, 3.63) is 0 Å². The third-order valence-electron chi connectivity index (χ3n) is 3.11. The van der Waals surface area contributed by atoms with Crippen molar-refractivity contribution in [1.29, 1.82) is 0 Å². The summed E-state index contributed by atoms with van der Waals surface area (Å²) in [6.07, 6.45) is 5.29. The Balaban J connectivity index is 2.44. The van der Waals surface area contributed by atoms with E-state index in [1.807, 2.05) is 4.90 Å². The molecule has 1 unspecified atom stereocenters. The van der Waals surface area contributed by atoms with Gasteiger partial charge in [0.15, 0.2) is 0 Å². The fourth-order valence-corrected chi connectivity index (χ4v) is 2.18. The lowest BCUT2D eigenvalue weighted by Crippen LogP contribution is -2.43. The van der Waals surface area contributed by atoms with Gasteiger partial charge >= 0.3 is 0 Å². The molecular formula is C12H21NO2. The highest BCUT2D eigenvalue weighted by molar-refractivity contribution is 5.83. The molecule has 1 saturated heterocycles. The van der Waals surface area contributed by atoms with Gasteiger partial charge in [-0.3, -0.25) is 4.79 Å². The van der Waals surface area contributed by atoms with Crippen molar-refractivity contribution in [3.8, 4) is 0 Å². The summed E-state index contributed by atoms with van der Waals surface area (Å²) < 4.78 is 0. The van der Waals surface area contributed by atoms with Crippen molar-refractivity contribution in [2.45, 2.75) is 58.4 Å². The number of nitrogens with zero attached hydrogens (tertiary/aromatic N) is 1. The average Bonchev–Trinajstić information content (AvgIpc) is 2.25. The van der Waals surface area contributed by atoms with E-state index in [0.717, 1.165) is 25.8 Å². The maximum absolute atomic E-state index is 11.8. The van der Waals surface area contributed by atoms with E-state index >= 15 is 0 Å². The summed E-state index contributed by atoms with van der Waals surface area (Å²) in [6, 6.07) is 0.415. The van der Waals surface area contributed by atoms with Gasteiger partial charge in [-0.25, -0.2) is 0 Å². The molecule has 1 rings (SSSR count). The van der Waals surface area contributed by atoms with Gasteiger partial charge in [-0.2, -0.15) is 0 Å². The van der Waals surface area contributed by atoms with Crippen LogP contribution in [0.5, 0.6) is 0 Å². The quantitative estimate of drug-likeness (QED) is 0.714. The Bertz CT molecular complexity index is 238. The lowest BCUT2D eigenvalue weighted by Gasteiger charge is -2.35. The van der Waals surface area contributed by atoms with E-state index in [0.29, 0.717) is 18.9 Å². The summed E-state index contributed by atoms with van der Waals surface area (Å²) in [5.74, 6) is 0.269. The normalized spacial score (nSPS) is 21.5. The Labute approximate surface area is 91.8 Å². The van der Waals surface area contributed by atoms with Crippen LogP contribution in [-0.4, -0.2) is 29.2 Å². The third kappa shape index (κ3) is 3.65. The minimum Gasteiger partial charge on any atom is -0.340 e. The molecule has 0 bridgehead atoms. The molecule has 15 heavy (non-hydrogen) atoms. The lowest BCUT2D eigenvalue weighted by atomic mass is 9.99. The van der Waals surface area contributed by atoms with Crippen molar-refractivity contribution >= 4 is 11.7 Å². The summed E-state index contributed by atoms with van der Waals surface area (Å²) in [5, 5.41) is 0. The number of Topliss-reactive ketones (excluding diaryl/α,β-unsaturated/α-hetero) is 1. The third-order valence-corrected chi connectivity index (χ3v) is 3.11. The Kier molecular flexibility index (Phi) is 4.79. The van der Waals surface area contributed by atoms with Crippen LogP contribution in [0.1, 0.15) is 52.4 Å². The number of rotatable bonds is 4. The summed E-state index contributed by atoms with van der Waals surface area (Å²) >= 11 is 0. The van der Waals surface area contributed by atoms with Gasteiger partial charge in [-0.1, -0.05) is 6.92 Å². The van der Waals surface area contributed by atoms with E-state index in [1.54, 1.807) is 6.92 Å². The average molecular weight is 211 g/mol. The SMILES string of the molecule is CCC1CCCCN1C(=O)CCC(C)=O. The molecule has 1 aliphatic heterocycles. The zero-order chi connectivity index (χ0) is 11.3. The number of carbonyl (C=O) groups is 2. The minimum absolute atomic E-state index is 0.105. The molecule has 3 nitrogen and oxygen atoms in total. The van der Waals surface area contributed by atoms with Gasteiger partial charge in [0.1, 0.15) is 5.78 Å². The van der Waals surface area contributed by atoms with Crippen LogP contribution in [0.15, 0.2) is 0 Å². The molecule has 0 radical (unpaired) electrons. The van der Waals surface area contributed by atoms with Crippen LogP contribution in [0, 0.1) is 0 Å². The van der Waals surface area contributed by atoms with E-state index in [1.165, 1.54) is 6.42 Å². The van der Waals surface area contributed by atoms with Crippen LogP contribution in [0.2, 0.25) is 0 Å². The summed E-state index contributed by atoms with van der Waals surface area (Å²) in [7, 11) is 0. The Morgan fingerprint density at radius 1 is 1.27 bits per heavy atom. The predicted molar refractivity (Wildman–Crippen MR) is 59.6 cm³/mol. The Hall–Kier alpha value is -0.860. The number of carbonyl (C=O) groups excluding carboxylic acids is 2. The van der Waals surface area contributed by atoms with Crippen LogP contribution in [0.25, 0.3) is 0 Å². The molecule has 0 spiro atoms. The largest absolute Gasteiger partial charge is 0.340 e. The number of amides is 1. The van der Waals surface area contributed by atoms with E-state index in [4.69, 9.17) is 0 Å². The Morgan fingerprint density at radius 3 is 2.60 bits per heavy atom. The molecule has 1 fully saturated rings. The number of hydrogen-bond acceptors (Lipinski definition) is 2. The van der Waals surface area contributed by atoms with Gasteiger partial charge < -0.3 is 9.69 Å². The summed E-state index contributed by atoms with van der Waals surface area (Å²) in [4.78, 5) is 24.6. The zero-order valence-electron chi connectivity index (χ0n) is 9.79. The van der Waals surface area contributed by atoms with Gasteiger partial charge in [0, 0.05) is 25.4 Å². The van der Waals surface area contributed by atoms with Gasteiger partial charge in [-0.05, 0) is 32.6 Å². The Morgan fingerprint density at radius 2 is 2.00 bits per heavy atom. The highest BCUT2D eigenvalue weighted by atomic mass is 16.2. The first-order chi connectivity index (χ1) is 7.15. The van der Waals surface area contributed by atoms with E-state index in [-0.39, 0.29) is 11.7 Å². The second-order valence-electron chi connectivity index (χ2n) is 4.35. The maximum Gasteiger partial charge on any atom is 0.223 e. The molecule has 0 aliphatic carbocycles. The van der Waals surface area contributed by atoms with Crippen LogP contribution in [-0.2, 0) is 9.59 Å². The fourth-order valence-electron chi connectivity index (χ4n) is 2.18. The first-order valence-electron chi connectivity index (χ1n) is 5.94. The molecule has 1 heterocycles. The number of hydrogen-bond donors (Lipinski definition) is 0. The molecule has 1 amide bonds. The van der Waals surface area contributed by atoms with Crippen LogP contribution < -0.4 is 0 Å². The molecular weight excluding hydrogens is 190 g/mol. The molecule has 0 aromatic carbocycles. The van der Waals surface area contributed by atoms with Crippen LogP contribution in [0.3, 0.4) is 0 Å². The topological polar surface area (TPSA) is 37.4 Å². The summed E-state index contributed by atoms with van der Waals surface area (Å²) in [5.41, 5.74) is 0. The standard InChI is InChI=1S/C12H21NO2/c1-3-11-6-4-5-9-13(11)12(15)8-7-10(2)14/h11H,3-9H2,1-2H3. The highest BCUT2D eigenvalue weighted by Crippen LogP contribution is 2.20. The van der Waals surface area contributed by atoms with Crippen LogP contribution >= 0.6 is 0 Å². The molecule has 86 valence electrons. The molecule has 0 aromatic rings. The van der Waals surface area contributed by atoms with Gasteiger partial charge in [0.2, 0.25) is 5.91 Å². The molecule has 3 heteroatoms. The number of ketones is 1. The highest BCUT2D eigenvalue weighted by Gasteiger charge is 2.24. The van der Waals surface area contributed by atoms with Gasteiger partial charge in [-0.15, -0.1) is 0 Å². The van der Waals surface area contributed by atoms with Crippen molar-refractivity contribution in [2.24, 2.45) is 0 Å². The van der Waals surface area contributed by atoms with E-state index in [2.05, 4.69) is 6.92 Å². The van der Waals surface area contributed by atoms with Gasteiger partial charge in [0.25, 0.3) is 0 Å². The maximum atomic E-state index is 11.8. The second-order valence-corrected chi connectivity index (χ2v) is 4.35. The molecule has 1 atom stereocenters. The van der Waals surface area contributed by atoms with Crippen molar-refractivity contribution in [1.82, 2.24) is 4.90 Å². The first-order valence-corrected chi connectivity index (χ1v) is 5.94.